The number of nitrogens with zero attached hydrogens (tertiary/aromatic N) is 2. The van der Waals surface area contributed by atoms with E-state index in [-0.39, 0.29) is 5.82 Å². The zero-order chi connectivity index (χ0) is 12.1. The summed E-state index contributed by atoms with van der Waals surface area (Å²) in [6.07, 6.45) is 4.13. The summed E-state index contributed by atoms with van der Waals surface area (Å²) >= 11 is 0. The van der Waals surface area contributed by atoms with Gasteiger partial charge in [-0.3, -0.25) is 0 Å². The van der Waals surface area contributed by atoms with Crippen LogP contribution in [0.3, 0.4) is 0 Å². The number of hydrogen-bond donors (Lipinski definition) is 0. The molecule has 0 radical (unpaired) electrons. The van der Waals surface area contributed by atoms with E-state index in [9.17, 15) is 4.39 Å². The van der Waals surface area contributed by atoms with Gasteiger partial charge in [0, 0.05) is 23.2 Å². The van der Waals surface area contributed by atoms with E-state index < -0.39 is 0 Å². The summed E-state index contributed by atoms with van der Waals surface area (Å²) in [6.45, 7) is 0.457. The molecule has 3 nitrogen and oxygen atoms in total. The number of benzene rings is 1. The van der Waals surface area contributed by atoms with Crippen molar-refractivity contribution in [2.75, 3.05) is 0 Å². The molecule has 0 bridgehead atoms. The standard InChI is InChI=1S/C14H11FN2O/c15-10-3-4-12-11(5-10)13-9(7-18-12)6-16-14(17-13)8-1-2-8/h3-6,8H,1-2,7H2. The largest absolute Gasteiger partial charge is 0.488 e. The first-order valence-electron chi connectivity index (χ1n) is 6.10. The van der Waals surface area contributed by atoms with Crippen LogP contribution in [0.25, 0.3) is 11.3 Å². The van der Waals surface area contributed by atoms with Crippen LogP contribution < -0.4 is 4.74 Å². The molecule has 0 spiro atoms. The molecule has 1 aromatic heterocycles. The Balaban J connectivity index is 1.91. The molecule has 2 aromatic rings. The Labute approximate surface area is 104 Å². The van der Waals surface area contributed by atoms with E-state index >= 15 is 0 Å². The van der Waals surface area contributed by atoms with Gasteiger partial charge in [0.2, 0.25) is 0 Å². The van der Waals surface area contributed by atoms with Crippen molar-refractivity contribution in [3.63, 3.8) is 0 Å². The second-order valence-electron chi connectivity index (χ2n) is 4.81. The van der Waals surface area contributed by atoms with Crippen molar-refractivity contribution in [2.45, 2.75) is 25.4 Å². The normalized spacial score (nSPS) is 16.7. The summed E-state index contributed by atoms with van der Waals surface area (Å²) in [4.78, 5) is 8.96. The summed E-state index contributed by atoms with van der Waals surface area (Å²) < 4.78 is 18.9. The van der Waals surface area contributed by atoms with Gasteiger partial charge in [-0.25, -0.2) is 14.4 Å². The fourth-order valence-electron chi connectivity index (χ4n) is 2.27. The maximum Gasteiger partial charge on any atom is 0.132 e. The van der Waals surface area contributed by atoms with Gasteiger partial charge in [0.05, 0.1) is 5.69 Å². The lowest BCUT2D eigenvalue weighted by atomic mass is 10.0. The fourth-order valence-corrected chi connectivity index (χ4v) is 2.27. The van der Waals surface area contributed by atoms with Gasteiger partial charge < -0.3 is 4.74 Å². The molecule has 2 aliphatic rings. The van der Waals surface area contributed by atoms with E-state index in [1.54, 1.807) is 6.07 Å². The average molecular weight is 242 g/mol. The van der Waals surface area contributed by atoms with Crippen molar-refractivity contribution in [1.82, 2.24) is 9.97 Å². The first kappa shape index (κ1) is 10.00. The van der Waals surface area contributed by atoms with Crippen LogP contribution in [-0.4, -0.2) is 9.97 Å². The maximum absolute atomic E-state index is 13.4. The topological polar surface area (TPSA) is 35.0 Å². The van der Waals surface area contributed by atoms with Gasteiger partial charge in [-0.15, -0.1) is 0 Å². The van der Waals surface area contributed by atoms with E-state index in [1.807, 2.05) is 6.20 Å². The van der Waals surface area contributed by atoms with Gasteiger partial charge in [0.15, 0.2) is 0 Å². The van der Waals surface area contributed by atoms with Gasteiger partial charge in [-0.1, -0.05) is 0 Å². The molecule has 1 saturated carbocycles. The molecule has 0 unspecified atom stereocenters. The van der Waals surface area contributed by atoms with Crippen molar-refractivity contribution >= 4 is 0 Å². The minimum Gasteiger partial charge on any atom is -0.488 e. The molecule has 1 aliphatic carbocycles. The van der Waals surface area contributed by atoms with Crippen LogP contribution in [-0.2, 0) is 6.61 Å². The fraction of sp³-hybridized carbons (Fsp3) is 0.286. The van der Waals surface area contributed by atoms with E-state index in [0.29, 0.717) is 18.3 Å². The molecule has 4 heteroatoms. The Kier molecular flexibility index (Phi) is 1.95. The number of ether oxygens (including phenoxy) is 1. The zero-order valence-electron chi connectivity index (χ0n) is 9.69. The van der Waals surface area contributed by atoms with Gasteiger partial charge >= 0.3 is 0 Å². The van der Waals surface area contributed by atoms with Crippen LogP contribution >= 0.6 is 0 Å². The highest BCUT2D eigenvalue weighted by Gasteiger charge is 2.28. The summed E-state index contributed by atoms with van der Waals surface area (Å²) in [6, 6.07) is 4.55. The second-order valence-corrected chi connectivity index (χ2v) is 4.81. The van der Waals surface area contributed by atoms with E-state index in [0.717, 1.165) is 35.5 Å². The lowest BCUT2D eigenvalue weighted by Gasteiger charge is -2.19. The average Bonchev–Trinajstić information content (AvgIpc) is 3.22. The molecule has 2 heterocycles. The number of aromatic nitrogens is 2. The summed E-state index contributed by atoms with van der Waals surface area (Å²) in [5.41, 5.74) is 2.49. The van der Waals surface area contributed by atoms with Crippen LogP contribution in [0, 0.1) is 5.82 Å². The van der Waals surface area contributed by atoms with Gasteiger partial charge in [0.25, 0.3) is 0 Å². The molecule has 1 aromatic carbocycles. The number of hydrogen-bond acceptors (Lipinski definition) is 3. The Morgan fingerprint density at radius 1 is 1.28 bits per heavy atom. The highest BCUT2D eigenvalue weighted by Crippen LogP contribution is 2.41. The lowest BCUT2D eigenvalue weighted by Crippen LogP contribution is -2.09. The second kappa shape index (κ2) is 3.51. The van der Waals surface area contributed by atoms with Gasteiger partial charge in [-0.2, -0.15) is 0 Å². The Hall–Kier alpha value is -1.97. The number of halogens is 1. The monoisotopic (exact) mass is 242 g/mol. The molecule has 0 amide bonds. The summed E-state index contributed by atoms with van der Waals surface area (Å²) in [5.74, 6) is 1.81. The van der Waals surface area contributed by atoms with Crippen LogP contribution in [0.2, 0.25) is 0 Å². The Morgan fingerprint density at radius 2 is 2.17 bits per heavy atom. The first-order chi connectivity index (χ1) is 8.81. The Bertz CT molecular complexity index is 638. The van der Waals surface area contributed by atoms with Crippen molar-refractivity contribution < 1.29 is 9.13 Å². The van der Waals surface area contributed by atoms with Crippen LogP contribution in [0.4, 0.5) is 4.39 Å². The zero-order valence-corrected chi connectivity index (χ0v) is 9.69. The van der Waals surface area contributed by atoms with Crippen molar-refractivity contribution in [3.05, 3.63) is 41.6 Å². The highest BCUT2D eigenvalue weighted by molar-refractivity contribution is 5.71. The van der Waals surface area contributed by atoms with Gasteiger partial charge in [-0.05, 0) is 31.0 Å². The van der Waals surface area contributed by atoms with Crippen LogP contribution in [0.15, 0.2) is 24.4 Å². The van der Waals surface area contributed by atoms with Crippen molar-refractivity contribution in [1.29, 1.82) is 0 Å². The predicted octanol–water partition coefficient (Wildman–Crippen LogP) is 3.05. The Morgan fingerprint density at radius 3 is 3.00 bits per heavy atom. The third-order valence-corrected chi connectivity index (χ3v) is 3.41. The molecular weight excluding hydrogens is 231 g/mol. The molecule has 0 saturated heterocycles. The third kappa shape index (κ3) is 1.49. The van der Waals surface area contributed by atoms with E-state index in [2.05, 4.69) is 9.97 Å². The summed E-state index contributed by atoms with van der Waals surface area (Å²) in [5, 5.41) is 0. The minimum atomic E-state index is -0.267. The van der Waals surface area contributed by atoms with Crippen LogP contribution in [0.1, 0.15) is 30.1 Å². The van der Waals surface area contributed by atoms with E-state index in [4.69, 9.17) is 4.74 Å². The molecule has 4 rings (SSSR count). The van der Waals surface area contributed by atoms with Crippen molar-refractivity contribution in [3.8, 4) is 17.0 Å². The van der Waals surface area contributed by atoms with Crippen LogP contribution in [0.5, 0.6) is 5.75 Å². The molecule has 1 fully saturated rings. The van der Waals surface area contributed by atoms with E-state index in [1.165, 1.54) is 12.1 Å². The number of fused-ring (bicyclic) bond motifs is 3. The SMILES string of the molecule is Fc1ccc2c(c1)-c1nc(C3CC3)ncc1CO2. The molecule has 0 N–H and O–H groups in total. The van der Waals surface area contributed by atoms with Gasteiger partial charge in [0.1, 0.15) is 24.0 Å². The molecule has 90 valence electrons. The smallest absolute Gasteiger partial charge is 0.132 e. The molecule has 0 atom stereocenters. The predicted molar refractivity (Wildman–Crippen MR) is 63.7 cm³/mol. The third-order valence-electron chi connectivity index (χ3n) is 3.41. The molecule has 1 aliphatic heterocycles. The highest BCUT2D eigenvalue weighted by atomic mass is 19.1. The quantitative estimate of drug-likeness (QED) is 0.770. The lowest BCUT2D eigenvalue weighted by molar-refractivity contribution is 0.300. The molecular formula is C14H11FN2O. The first-order valence-corrected chi connectivity index (χ1v) is 6.10. The maximum atomic E-state index is 13.4. The minimum absolute atomic E-state index is 0.267. The summed E-state index contributed by atoms with van der Waals surface area (Å²) in [7, 11) is 0. The molecule has 18 heavy (non-hydrogen) atoms. The van der Waals surface area contributed by atoms with Crippen molar-refractivity contribution in [2.24, 2.45) is 0 Å². The number of rotatable bonds is 1.